The van der Waals surface area contributed by atoms with Crippen molar-refractivity contribution in [2.24, 2.45) is 5.73 Å². The molecule has 3 rings (SSSR count). The zero-order valence-electron chi connectivity index (χ0n) is 12.4. The van der Waals surface area contributed by atoms with E-state index in [2.05, 4.69) is 6.07 Å². The molecular formula is C17H18N2O2S. The molecule has 2 N–H and O–H groups in total. The maximum Gasteiger partial charge on any atom is 0.254 e. The van der Waals surface area contributed by atoms with Gasteiger partial charge in [0.15, 0.2) is 0 Å². The second kappa shape index (κ2) is 5.93. The van der Waals surface area contributed by atoms with Gasteiger partial charge in [-0.2, -0.15) is 0 Å². The summed E-state index contributed by atoms with van der Waals surface area (Å²) in [6.07, 6.45) is 1.99. The van der Waals surface area contributed by atoms with E-state index in [1.165, 1.54) is 4.88 Å². The molecule has 1 saturated heterocycles. The highest BCUT2D eigenvalue weighted by molar-refractivity contribution is 7.10. The largest absolute Gasteiger partial charge is 0.366 e. The highest BCUT2D eigenvalue weighted by Gasteiger charge is 2.31. The van der Waals surface area contributed by atoms with Gasteiger partial charge in [-0.25, -0.2) is 0 Å². The Bertz CT molecular complexity index is 709. The third-order valence-electron chi connectivity index (χ3n) is 4.14. The zero-order valence-corrected chi connectivity index (χ0v) is 13.2. The number of amides is 2. The molecule has 22 heavy (non-hydrogen) atoms. The third-order valence-corrected chi connectivity index (χ3v) is 5.11. The van der Waals surface area contributed by atoms with Gasteiger partial charge in [-0.3, -0.25) is 9.59 Å². The number of nitrogens with zero attached hydrogens (tertiary/aromatic N) is 1. The molecule has 1 fully saturated rings. The number of thiophene rings is 1. The summed E-state index contributed by atoms with van der Waals surface area (Å²) in [5, 5.41) is 2.04. The summed E-state index contributed by atoms with van der Waals surface area (Å²) in [4.78, 5) is 27.4. The lowest BCUT2D eigenvalue weighted by atomic mass is 10.0. The fourth-order valence-electron chi connectivity index (χ4n) is 2.97. The van der Waals surface area contributed by atoms with Gasteiger partial charge in [-0.15, -0.1) is 11.3 Å². The molecule has 0 spiro atoms. The molecule has 4 nitrogen and oxygen atoms in total. The van der Waals surface area contributed by atoms with Crippen molar-refractivity contribution in [3.05, 3.63) is 57.3 Å². The van der Waals surface area contributed by atoms with E-state index >= 15 is 0 Å². The molecule has 2 aromatic rings. The number of benzene rings is 1. The summed E-state index contributed by atoms with van der Waals surface area (Å²) in [5.74, 6) is -0.526. The molecule has 1 aliphatic rings. The normalized spacial score (nSPS) is 17.7. The summed E-state index contributed by atoms with van der Waals surface area (Å²) in [6.45, 7) is 2.57. The highest BCUT2D eigenvalue weighted by Crippen LogP contribution is 2.35. The van der Waals surface area contributed by atoms with Gasteiger partial charge in [0, 0.05) is 22.5 Å². The first-order chi connectivity index (χ1) is 10.6. The maximum absolute atomic E-state index is 12.8. The Hall–Kier alpha value is -2.14. The Morgan fingerprint density at radius 1 is 1.32 bits per heavy atom. The number of hydrogen-bond donors (Lipinski definition) is 1. The smallest absolute Gasteiger partial charge is 0.254 e. The number of nitrogens with two attached hydrogens (primary N) is 1. The van der Waals surface area contributed by atoms with Crippen LogP contribution in [0.2, 0.25) is 0 Å². The Kier molecular flexibility index (Phi) is 3.98. The Labute approximate surface area is 133 Å². The predicted molar refractivity (Wildman–Crippen MR) is 87.0 cm³/mol. The van der Waals surface area contributed by atoms with Crippen LogP contribution in [-0.2, 0) is 0 Å². The lowest BCUT2D eigenvalue weighted by Crippen LogP contribution is -2.30. The van der Waals surface area contributed by atoms with E-state index in [1.54, 1.807) is 29.5 Å². The molecule has 114 valence electrons. The first-order valence-corrected chi connectivity index (χ1v) is 8.20. The SMILES string of the molecule is Cc1ccc(C(=O)N2CCCC2c2cccs2)cc1C(N)=O. The van der Waals surface area contributed by atoms with Gasteiger partial charge in [0.1, 0.15) is 0 Å². The third kappa shape index (κ3) is 2.64. The second-order valence-electron chi connectivity index (χ2n) is 5.57. The minimum absolute atomic E-state index is 0.0293. The van der Waals surface area contributed by atoms with E-state index in [1.807, 2.05) is 23.3 Å². The van der Waals surface area contributed by atoms with Gasteiger partial charge in [0.2, 0.25) is 5.91 Å². The van der Waals surface area contributed by atoms with Crippen molar-refractivity contribution in [2.75, 3.05) is 6.54 Å². The van der Waals surface area contributed by atoms with E-state index in [9.17, 15) is 9.59 Å². The van der Waals surface area contributed by atoms with E-state index in [0.29, 0.717) is 11.1 Å². The number of carbonyl (C=O) groups is 2. The van der Waals surface area contributed by atoms with Crippen molar-refractivity contribution >= 4 is 23.2 Å². The minimum Gasteiger partial charge on any atom is -0.366 e. The molecule has 0 bridgehead atoms. The fourth-order valence-corrected chi connectivity index (χ4v) is 3.85. The molecule has 2 heterocycles. The Morgan fingerprint density at radius 3 is 2.82 bits per heavy atom. The molecule has 1 atom stereocenters. The number of rotatable bonds is 3. The summed E-state index contributed by atoms with van der Waals surface area (Å²) >= 11 is 1.68. The zero-order chi connectivity index (χ0) is 15.7. The molecule has 5 heteroatoms. The van der Waals surface area contributed by atoms with Gasteiger partial charge in [0.05, 0.1) is 6.04 Å². The van der Waals surface area contributed by atoms with Gasteiger partial charge >= 0.3 is 0 Å². The summed E-state index contributed by atoms with van der Waals surface area (Å²) in [7, 11) is 0. The highest BCUT2D eigenvalue weighted by atomic mass is 32.1. The number of hydrogen-bond acceptors (Lipinski definition) is 3. The number of primary amides is 1. The minimum atomic E-state index is -0.497. The first kappa shape index (κ1) is 14.8. The average Bonchev–Trinajstić information content (AvgIpc) is 3.17. The van der Waals surface area contributed by atoms with Crippen LogP contribution >= 0.6 is 11.3 Å². The van der Waals surface area contributed by atoms with Gasteiger partial charge in [-0.05, 0) is 48.9 Å². The molecule has 1 unspecified atom stereocenters. The number of likely N-dealkylation sites (tertiary alicyclic amines) is 1. The summed E-state index contributed by atoms with van der Waals surface area (Å²) in [6, 6.07) is 9.40. The lowest BCUT2D eigenvalue weighted by Gasteiger charge is -2.24. The lowest BCUT2D eigenvalue weighted by molar-refractivity contribution is 0.0738. The molecule has 1 aromatic carbocycles. The Balaban J connectivity index is 1.90. The maximum atomic E-state index is 12.8. The van der Waals surface area contributed by atoms with E-state index < -0.39 is 5.91 Å². The van der Waals surface area contributed by atoms with Gasteiger partial charge in [-0.1, -0.05) is 12.1 Å². The van der Waals surface area contributed by atoms with Crippen LogP contribution in [0.1, 0.15) is 50.0 Å². The van der Waals surface area contributed by atoms with Crippen molar-refractivity contribution in [2.45, 2.75) is 25.8 Å². The van der Waals surface area contributed by atoms with E-state index in [0.717, 1.165) is 24.9 Å². The van der Waals surface area contributed by atoms with Crippen LogP contribution in [0.25, 0.3) is 0 Å². The van der Waals surface area contributed by atoms with Crippen molar-refractivity contribution < 1.29 is 9.59 Å². The molecule has 1 aromatic heterocycles. The van der Waals surface area contributed by atoms with Crippen LogP contribution in [0.3, 0.4) is 0 Å². The number of aryl methyl sites for hydroxylation is 1. The van der Waals surface area contributed by atoms with Gasteiger partial charge in [0.25, 0.3) is 5.91 Å². The van der Waals surface area contributed by atoms with E-state index in [-0.39, 0.29) is 11.9 Å². The predicted octanol–water partition coefficient (Wildman–Crippen LogP) is 3.13. The average molecular weight is 314 g/mol. The van der Waals surface area contributed by atoms with Crippen molar-refractivity contribution in [1.82, 2.24) is 4.90 Å². The second-order valence-corrected chi connectivity index (χ2v) is 6.55. The van der Waals surface area contributed by atoms with E-state index in [4.69, 9.17) is 5.73 Å². The Morgan fingerprint density at radius 2 is 2.14 bits per heavy atom. The number of carbonyl (C=O) groups excluding carboxylic acids is 2. The topological polar surface area (TPSA) is 63.4 Å². The quantitative estimate of drug-likeness (QED) is 0.946. The summed E-state index contributed by atoms with van der Waals surface area (Å²) in [5.41, 5.74) is 7.12. The van der Waals surface area contributed by atoms with Crippen LogP contribution in [0, 0.1) is 6.92 Å². The van der Waals surface area contributed by atoms with Crippen LogP contribution < -0.4 is 5.73 Å². The van der Waals surface area contributed by atoms with Crippen LogP contribution in [0.15, 0.2) is 35.7 Å². The van der Waals surface area contributed by atoms with Gasteiger partial charge < -0.3 is 10.6 Å². The first-order valence-electron chi connectivity index (χ1n) is 7.33. The van der Waals surface area contributed by atoms with Crippen LogP contribution in [0.4, 0.5) is 0 Å². The standard InChI is InChI=1S/C17H18N2O2S/c1-11-6-7-12(10-13(11)16(18)20)17(21)19-8-2-4-14(19)15-5-3-9-22-15/h3,5-7,9-10,14H,2,4,8H2,1H3,(H2,18,20). The molecule has 0 saturated carbocycles. The van der Waals surface area contributed by atoms with Crippen molar-refractivity contribution in [1.29, 1.82) is 0 Å². The monoisotopic (exact) mass is 314 g/mol. The van der Waals surface area contributed by atoms with Crippen molar-refractivity contribution in [3.8, 4) is 0 Å². The molecule has 2 amide bonds. The van der Waals surface area contributed by atoms with Crippen LogP contribution in [0.5, 0.6) is 0 Å². The molecule has 1 aliphatic heterocycles. The fraction of sp³-hybridized carbons (Fsp3) is 0.294. The molecule has 0 radical (unpaired) electrons. The molecular weight excluding hydrogens is 296 g/mol. The molecule has 0 aliphatic carbocycles. The van der Waals surface area contributed by atoms with Crippen molar-refractivity contribution in [3.63, 3.8) is 0 Å². The van der Waals surface area contributed by atoms with Crippen LogP contribution in [-0.4, -0.2) is 23.3 Å². The summed E-state index contributed by atoms with van der Waals surface area (Å²) < 4.78 is 0.